The smallest absolute Gasteiger partial charge is 0.304 e. The quantitative estimate of drug-likeness (QED) is 0.829. The van der Waals surface area contributed by atoms with E-state index in [1.165, 1.54) is 32.1 Å². The molecule has 2 aliphatic rings. The predicted octanol–water partition coefficient (Wildman–Crippen LogP) is 2.05. The molecule has 0 aromatic carbocycles. The number of carboxylic acid groups (broad SMARTS) is 1. The van der Waals surface area contributed by atoms with Crippen LogP contribution in [0, 0.1) is 5.92 Å². The Labute approximate surface area is 116 Å². The summed E-state index contributed by atoms with van der Waals surface area (Å²) in [4.78, 5) is 15.5. The van der Waals surface area contributed by atoms with Gasteiger partial charge >= 0.3 is 5.97 Å². The summed E-state index contributed by atoms with van der Waals surface area (Å²) in [6.45, 7) is 7.36. The fraction of sp³-hybridized carbons (Fsp3) is 0.933. The first kappa shape index (κ1) is 14.8. The molecule has 1 saturated carbocycles. The largest absolute Gasteiger partial charge is 0.481 e. The number of carboxylic acids is 1. The lowest BCUT2D eigenvalue weighted by atomic mass is 9.84. The molecule has 2 fully saturated rings. The van der Waals surface area contributed by atoms with Crippen LogP contribution in [0.25, 0.3) is 0 Å². The zero-order valence-electron chi connectivity index (χ0n) is 12.2. The van der Waals surface area contributed by atoms with Crippen LogP contribution >= 0.6 is 0 Å². The van der Waals surface area contributed by atoms with Gasteiger partial charge in [-0.1, -0.05) is 13.3 Å². The van der Waals surface area contributed by atoms with Gasteiger partial charge in [0, 0.05) is 38.8 Å². The molecule has 0 aromatic heterocycles. The first-order valence-electron chi connectivity index (χ1n) is 7.87. The van der Waals surface area contributed by atoms with Gasteiger partial charge in [-0.15, -0.1) is 0 Å². The number of aliphatic carboxylic acids is 1. The third-order valence-electron chi connectivity index (χ3n) is 4.96. The highest BCUT2D eigenvalue weighted by Crippen LogP contribution is 2.29. The third-order valence-corrected chi connectivity index (χ3v) is 4.96. The molecule has 4 heteroatoms. The molecule has 2 rings (SSSR count). The van der Waals surface area contributed by atoms with E-state index in [2.05, 4.69) is 16.7 Å². The summed E-state index contributed by atoms with van der Waals surface area (Å²) in [5, 5.41) is 8.71. The molecule has 1 N–H and O–H groups in total. The molecule has 0 atom stereocenters. The van der Waals surface area contributed by atoms with E-state index >= 15 is 0 Å². The van der Waals surface area contributed by atoms with Crippen LogP contribution in [0.1, 0.15) is 45.4 Å². The lowest BCUT2D eigenvalue weighted by Gasteiger charge is -2.41. The summed E-state index contributed by atoms with van der Waals surface area (Å²) < 4.78 is 0. The molecule has 19 heavy (non-hydrogen) atoms. The fourth-order valence-corrected chi connectivity index (χ4v) is 3.52. The minimum atomic E-state index is -0.680. The average Bonchev–Trinajstić information content (AvgIpc) is 2.46. The Morgan fingerprint density at radius 3 is 2.26 bits per heavy atom. The van der Waals surface area contributed by atoms with E-state index in [0.717, 1.165) is 38.1 Å². The van der Waals surface area contributed by atoms with E-state index in [1.54, 1.807) is 0 Å². The number of nitrogens with zero attached hydrogens (tertiary/aromatic N) is 2. The Kier molecular flexibility index (Phi) is 5.64. The number of hydrogen-bond donors (Lipinski definition) is 1. The van der Waals surface area contributed by atoms with Gasteiger partial charge in [0.05, 0.1) is 6.42 Å². The van der Waals surface area contributed by atoms with Crippen molar-refractivity contribution in [3.63, 3.8) is 0 Å². The minimum Gasteiger partial charge on any atom is -0.481 e. The maximum Gasteiger partial charge on any atom is 0.304 e. The van der Waals surface area contributed by atoms with E-state index in [-0.39, 0.29) is 6.42 Å². The molecular weight excluding hydrogens is 240 g/mol. The predicted molar refractivity (Wildman–Crippen MR) is 76.3 cm³/mol. The Morgan fingerprint density at radius 1 is 1.11 bits per heavy atom. The van der Waals surface area contributed by atoms with Crippen molar-refractivity contribution in [2.75, 3.05) is 32.7 Å². The number of piperazine rings is 1. The Bertz CT molecular complexity index is 280. The van der Waals surface area contributed by atoms with Gasteiger partial charge in [-0.3, -0.25) is 9.69 Å². The zero-order valence-corrected chi connectivity index (χ0v) is 12.2. The molecule has 1 aliphatic carbocycles. The van der Waals surface area contributed by atoms with Gasteiger partial charge in [-0.25, -0.2) is 0 Å². The summed E-state index contributed by atoms with van der Waals surface area (Å²) in [7, 11) is 0. The van der Waals surface area contributed by atoms with Crippen LogP contribution in [0.5, 0.6) is 0 Å². The molecule has 0 radical (unpaired) electrons. The molecule has 0 spiro atoms. The molecule has 1 heterocycles. The Hall–Kier alpha value is -0.610. The van der Waals surface area contributed by atoms with Crippen LogP contribution in [0.15, 0.2) is 0 Å². The lowest BCUT2D eigenvalue weighted by Crippen LogP contribution is -2.51. The standard InChI is InChI=1S/C15H28N2O2/c1-2-13-3-5-14(6-4-13)17-11-9-16(10-12-17)8-7-15(18)19/h13-14H,2-12H2,1H3,(H,18,19). The van der Waals surface area contributed by atoms with Crippen molar-refractivity contribution in [3.8, 4) is 0 Å². The average molecular weight is 268 g/mol. The van der Waals surface area contributed by atoms with E-state index in [9.17, 15) is 4.79 Å². The van der Waals surface area contributed by atoms with E-state index < -0.39 is 5.97 Å². The maximum atomic E-state index is 10.6. The molecule has 0 amide bonds. The first-order valence-corrected chi connectivity index (χ1v) is 7.87. The SMILES string of the molecule is CCC1CCC(N2CCN(CCC(=O)O)CC2)CC1. The van der Waals surface area contributed by atoms with Gasteiger partial charge in [-0.2, -0.15) is 0 Å². The second-order valence-corrected chi connectivity index (χ2v) is 6.10. The summed E-state index contributed by atoms with van der Waals surface area (Å²) in [5.74, 6) is 0.286. The van der Waals surface area contributed by atoms with Crippen molar-refractivity contribution in [2.24, 2.45) is 5.92 Å². The van der Waals surface area contributed by atoms with Gasteiger partial charge < -0.3 is 10.0 Å². The van der Waals surface area contributed by atoms with Crippen LogP contribution in [-0.4, -0.2) is 59.6 Å². The van der Waals surface area contributed by atoms with Crippen LogP contribution in [0.2, 0.25) is 0 Å². The first-order chi connectivity index (χ1) is 9.19. The van der Waals surface area contributed by atoms with Crippen LogP contribution in [0.4, 0.5) is 0 Å². The zero-order chi connectivity index (χ0) is 13.7. The second-order valence-electron chi connectivity index (χ2n) is 6.10. The van der Waals surface area contributed by atoms with Crippen molar-refractivity contribution < 1.29 is 9.90 Å². The van der Waals surface area contributed by atoms with Crippen molar-refractivity contribution >= 4 is 5.97 Å². The molecule has 0 unspecified atom stereocenters. The molecule has 0 bridgehead atoms. The summed E-state index contributed by atoms with van der Waals surface area (Å²) >= 11 is 0. The summed E-state index contributed by atoms with van der Waals surface area (Å²) in [5.41, 5.74) is 0. The second kappa shape index (κ2) is 7.25. The highest BCUT2D eigenvalue weighted by molar-refractivity contribution is 5.66. The number of hydrogen-bond acceptors (Lipinski definition) is 3. The molecular formula is C15H28N2O2. The van der Waals surface area contributed by atoms with Gasteiger partial charge in [0.15, 0.2) is 0 Å². The van der Waals surface area contributed by atoms with Gasteiger partial charge in [0.2, 0.25) is 0 Å². The maximum absolute atomic E-state index is 10.6. The molecule has 1 saturated heterocycles. The van der Waals surface area contributed by atoms with Crippen molar-refractivity contribution in [1.29, 1.82) is 0 Å². The van der Waals surface area contributed by atoms with Crippen molar-refractivity contribution in [3.05, 3.63) is 0 Å². The number of rotatable bonds is 5. The lowest BCUT2D eigenvalue weighted by molar-refractivity contribution is -0.137. The third kappa shape index (κ3) is 4.46. The Balaban J connectivity index is 1.67. The van der Waals surface area contributed by atoms with Crippen molar-refractivity contribution in [1.82, 2.24) is 9.80 Å². The molecule has 1 aliphatic heterocycles. The monoisotopic (exact) mass is 268 g/mol. The van der Waals surface area contributed by atoms with Crippen LogP contribution in [0.3, 0.4) is 0 Å². The van der Waals surface area contributed by atoms with Gasteiger partial charge in [0.25, 0.3) is 0 Å². The minimum absolute atomic E-state index is 0.279. The normalized spacial score (nSPS) is 30.4. The summed E-state index contributed by atoms with van der Waals surface area (Å²) in [6, 6.07) is 0.796. The highest BCUT2D eigenvalue weighted by Gasteiger charge is 2.27. The van der Waals surface area contributed by atoms with Crippen LogP contribution in [-0.2, 0) is 4.79 Å². The number of carbonyl (C=O) groups is 1. The molecule has 4 nitrogen and oxygen atoms in total. The van der Waals surface area contributed by atoms with Crippen LogP contribution < -0.4 is 0 Å². The Morgan fingerprint density at radius 2 is 1.74 bits per heavy atom. The van der Waals surface area contributed by atoms with E-state index in [4.69, 9.17) is 5.11 Å². The topological polar surface area (TPSA) is 43.8 Å². The van der Waals surface area contributed by atoms with Gasteiger partial charge in [-0.05, 0) is 31.6 Å². The highest BCUT2D eigenvalue weighted by atomic mass is 16.4. The van der Waals surface area contributed by atoms with Crippen molar-refractivity contribution in [2.45, 2.75) is 51.5 Å². The van der Waals surface area contributed by atoms with E-state index in [0.29, 0.717) is 6.54 Å². The van der Waals surface area contributed by atoms with Gasteiger partial charge in [0.1, 0.15) is 0 Å². The molecule has 110 valence electrons. The summed E-state index contributed by atoms with van der Waals surface area (Å²) in [6.07, 6.45) is 7.17. The fourth-order valence-electron chi connectivity index (χ4n) is 3.52. The molecule has 0 aromatic rings. The van der Waals surface area contributed by atoms with E-state index in [1.807, 2.05) is 0 Å².